The number of imidazole rings is 3. The highest BCUT2D eigenvalue weighted by Gasteiger charge is 2.18. The Morgan fingerprint density at radius 2 is 1.02 bits per heavy atom. The van der Waals surface area contributed by atoms with E-state index in [0.29, 0.717) is 33.5 Å². The van der Waals surface area contributed by atoms with Crippen molar-refractivity contribution in [2.75, 3.05) is 5.34 Å². The lowest BCUT2D eigenvalue weighted by Crippen LogP contribution is -2.05. The van der Waals surface area contributed by atoms with Crippen molar-refractivity contribution in [3.63, 3.8) is 0 Å². The van der Waals surface area contributed by atoms with Crippen LogP contribution in [0.3, 0.4) is 0 Å². The van der Waals surface area contributed by atoms with Crippen LogP contribution in [0.15, 0.2) is 243 Å². The number of H-pyrrole nitrogens is 1. The van der Waals surface area contributed by atoms with Crippen LogP contribution >= 0.6 is 58.0 Å². The Bertz CT molecular complexity index is 4270. The summed E-state index contributed by atoms with van der Waals surface area (Å²) in [4.78, 5) is 27.1. The number of hydrogen-bond acceptors (Lipinski definition) is 10. The first-order valence-corrected chi connectivity index (χ1v) is 30.1. The maximum absolute atomic E-state index is 10.9. The molecule has 0 bridgehead atoms. The number of nitrogens with one attached hydrogen (secondary N) is 2. The maximum Gasteiger partial charge on any atom is 0.150 e. The molecule has 3 aromatic heterocycles. The van der Waals surface area contributed by atoms with Crippen molar-refractivity contribution in [1.82, 2.24) is 34.4 Å². The Morgan fingerprint density at radius 1 is 0.596 bits per heavy atom. The van der Waals surface area contributed by atoms with E-state index in [-0.39, 0.29) is 5.34 Å². The van der Waals surface area contributed by atoms with E-state index in [9.17, 15) is 9.90 Å². The zero-order valence-electron chi connectivity index (χ0n) is 48.4. The van der Waals surface area contributed by atoms with Crippen molar-refractivity contribution in [3.05, 3.63) is 303 Å². The SMILES string of the molecule is ClCCl.Cn1cnc(C(O)c2ccccc2-c2ccc(C#N)cc2)c1.Cn1cnc(I)c1.N#Cc1ccc(-c2ccccc2C=O)cc1.N#Cc1ccc(-c2ccccc2CC2=CNC(=S)C2)cc1.N#Cc1ccc(-c2ccccc2Cc2cnc[nH]2)cc1. The van der Waals surface area contributed by atoms with Gasteiger partial charge in [-0.05, 0) is 144 Å². The number of alkyl halides is 2. The molecule has 0 amide bonds. The zero-order valence-corrected chi connectivity index (χ0v) is 52.9. The highest BCUT2D eigenvalue weighted by atomic mass is 127. The number of halogens is 3. The number of carbonyl (C=O) groups is 1. The van der Waals surface area contributed by atoms with Crippen LogP contribution in [0.4, 0.5) is 0 Å². The predicted molar refractivity (Wildman–Crippen MR) is 365 cm³/mol. The molecule has 1 aliphatic heterocycles. The summed E-state index contributed by atoms with van der Waals surface area (Å²) in [7, 11) is 3.82. The number of aliphatic hydroxyl groups excluding tert-OH is 1. The van der Waals surface area contributed by atoms with Crippen LogP contribution in [0.2, 0.25) is 0 Å². The first-order chi connectivity index (χ1) is 43.4. The fraction of sp³-hybridized carbons (Fsp3) is 0.0972. The molecule has 0 aliphatic carbocycles. The molecule has 17 heteroatoms. The molecule has 13 nitrogen and oxygen atoms in total. The summed E-state index contributed by atoms with van der Waals surface area (Å²) in [6, 6.07) is 70.2. The fourth-order valence-electron chi connectivity index (χ4n) is 9.22. The molecule has 89 heavy (non-hydrogen) atoms. The van der Waals surface area contributed by atoms with E-state index in [1.165, 1.54) is 27.8 Å². The van der Waals surface area contributed by atoms with Crippen molar-refractivity contribution in [2.24, 2.45) is 14.1 Å². The molecule has 4 heterocycles. The Hall–Kier alpha value is -10.1. The smallest absolute Gasteiger partial charge is 0.150 e. The van der Waals surface area contributed by atoms with E-state index >= 15 is 0 Å². The minimum Gasteiger partial charge on any atom is -0.382 e. The van der Waals surface area contributed by atoms with Gasteiger partial charge in [-0.2, -0.15) is 21.0 Å². The normalized spacial score (nSPS) is 11.0. The third-order valence-corrected chi connectivity index (χ3v) is 14.4. The lowest BCUT2D eigenvalue weighted by atomic mass is 9.94. The van der Waals surface area contributed by atoms with Gasteiger partial charge in [0.2, 0.25) is 0 Å². The highest BCUT2D eigenvalue weighted by molar-refractivity contribution is 14.1. The van der Waals surface area contributed by atoms with Crippen LogP contribution in [0, 0.1) is 49.0 Å². The van der Waals surface area contributed by atoms with Crippen molar-refractivity contribution in [3.8, 4) is 68.8 Å². The number of aliphatic hydroxyl groups is 1. The van der Waals surface area contributed by atoms with Gasteiger partial charge in [0, 0.05) is 63.0 Å². The molecule has 12 rings (SSSR count). The van der Waals surface area contributed by atoms with Crippen molar-refractivity contribution in [1.29, 1.82) is 21.0 Å². The predicted octanol–water partition coefficient (Wildman–Crippen LogP) is 16.0. The minimum absolute atomic E-state index is 0.194. The molecule has 11 aromatic rings. The first-order valence-electron chi connectivity index (χ1n) is 27.5. The molecule has 440 valence electrons. The van der Waals surface area contributed by atoms with Gasteiger partial charge in [0.05, 0.1) is 81.5 Å². The van der Waals surface area contributed by atoms with Crippen LogP contribution in [0.25, 0.3) is 44.5 Å². The van der Waals surface area contributed by atoms with Crippen LogP contribution in [0.1, 0.15) is 73.2 Å². The summed E-state index contributed by atoms with van der Waals surface area (Å²) in [6.45, 7) is 0. The lowest BCUT2D eigenvalue weighted by molar-refractivity contribution is 0.112. The number of aldehydes is 1. The number of aromatic amines is 1. The molecule has 1 atom stereocenters. The van der Waals surface area contributed by atoms with Gasteiger partial charge in [-0.1, -0.05) is 158 Å². The molecule has 0 radical (unpaired) electrons. The number of hydrogen-bond donors (Lipinski definition) is 3. The number of aromatic nitrogens is 6. The number of nitrogens with zero attached hydrogens (tertiary/aromatic N) is 9. The second-order valence-corrected chi connectivity index (χ2v) is 22.1. The molecular formula is C72H58Cl2IN11O2S. The van der Waals surface area contributed by atoms with Gasteiger partial charge < -0.3 is 24.5 Å². The summed E-state index contributed by atoms with van der Waals surface area (Å²) in [5, 5.41) is 49.3. The Labute approximate surface area is 547 Å². The standard InChI is InChI=1S/C18H15N3O.C18H14N2S.C17H13N3.C14H9NO.C4H5IN2.CH2Cl2/c1-21-11-17(20-12-21)18(22)16-5-3-2-4-15(16)14-8-6-13(10-19)7-9-14;19-11-13-5-7-15(8-6-13)17-4-2-1-3-16(17)9-14-10-18(21)20-12-14;18-10-13-5-7-14(8-6-13)17-4-2-1-3-15(17)9-16-11-19-12-20-16;15-9-11-5-7-12(8-6-11)14-4-2-1-3-13(14)10-16;1-7-2-4(5)6-3-7;2-1-3/h2-9,11-12,18,22H,1H3;1-8,12H,9-10H2,(H,20,21);1-8,11-12H,9H2,(H,19,20);1-8,10H;2-3H,1H3;1H2. The molecule has 3 N–H and O–H groups in total. The van der Waals surface area contributed by atoms with Crippen molar-refractivity contribution < 1.29 is 9.90 Å². The summed E-state index contributed by atoms with van der Waals surface area (Å²) >= 11 is 16.9. The van der Waals surface area contributed by atoms with E-state index in [1.54, 1.807) is 55.5 Å². The Morgan fingerprint density at radius 3 is 1.43 bits per heavy atom. The summed E-state index contributed by atoms with van der Waals surface area (Å²) in [5.74, 6) is 0. The van der Waals surface area contributed by atoms with Gasteiger partial charge in [-0.15, -0.1) is 23.2 Å². The number of aryl methyl sites for hydroxylation is 2. The van der Waals surface area contributed by atoms with Crippen LogP contribution in [-0.2, 0) is 26.9 Å². The lowest BCUT2D eigenvalue weighted by Gasteiger charge is -2.14. The number of thiocarbonyl (C=S) groups is 1. The van der Waals surface area contributed by atoms with Crippen molar-refractivity contribution in [2.45, 2.75) is 25.4 Å². The fourth-order valence-corrected chi connectivity index (χ4v) is 10.0. The number of rotatable bonds is 11. The Balaban J connectivity index is 0.000000161. The summed E-state index contributed by atoms with van der Waals surface area (Å²) in [5.41, 5.74) is 18.0. The van der Waals surface area contributed by atoms with E-state index in [4.69, 9.17) is 56.5 Å². The van der Waals surface area contributed by atoms with Gasteiger partial charge in [-0.3, -0.25) is 4.79 Å². The molecule has 0 saturated carbocycles. The molecule has 0 fully saturated rings. The largest absolute Gasteiger partial charge is 0.382 e. The van der Waals surface area contributed by atoms with Gasteiger partial charge in [0.25, 0.3) is 0 Å². The van der Waals surface area contributed by atoms with E-state index in [1.807, 2.05) is 175 Å². The van der Waals surface area contributed by atoms with Gasteiger partial charge in [0.1, 0.15) is 9.80 Å². The van der Waals surface area contributed by atoms with E-state index in [0.717, 1.165) is 78.9 Å². The van der Waals surface area contributed by atoms with Gasteiger partial charge in [-0.25, -0.2) is 15.0 Å². The summed E-state index contributed by atoms with van der Waals surface area (Å²) in [6.07, 6.45) is 15.4. The third kappa shape index (κ3) is 20.0. The third-order valence-electron chi connectivity index (χ3n) is 13.5. The number of benzene rings is 8. The topological polar surface area (TPSA) is 209 Å². The highest BCUT2D eigenvalue weighted by Crippen LogP contribution is 2.32. The molecule has 1 aliphatic rings. The average molecular weight is 1340 g/mol. The molecule has 1 unspecified atom stereocenters. The van der Waals surface area contributed by atoms with Crippen LogP contribution in [0.5, 0.6) is 0 Å². The van der Waals surface area contributed by atoms with E-state index < -0.39 is 6.10 Å². The minimum atomic E-state index is -0.784. The van der Waals surface area contributed by atoms with Gasteiger partial charge >= 0.3 is 0 Å². The second-order valence-electron chi connectivity index (χ2n) is 19.7. The van der Waals surface area contributed by atoms with Gasteiger partial charge in [0.15, 0.2) is 6.29 Å². The monoisotopic (exact) mass is 1340 g/mol. The second kappa shape index (κ2) is 34.9. The molecule has 0 saturated heterocycles. The molecular weight excluding hydrogens is 1280 g/mol. The van der Waals surface area contributed by atoms with Crippen LogP contribution < -0.4 is 5.32 Å². The molecule has 0 spiro atoms. The van der Waals surface area contributed by atoms with Crippen LogP contribution in [-0.4, -0.2) is 50.8 Å². The first kappa shape index (κ1) is 66.4. The van der Waals surface area contributed by atoms with Crippen molar-refractivity contribution >= 4 is 69.3 Å². The number of carbonyl (C=O) groups excluding carboxylic acids is 1. The Kier molecular flexibility index (Phi) is 26.1. The number of nitriles is 4. The average Bonchev–Trinajstić information content (AvgIpc) is 4.48. The summed E-state index contributed by atoms with van der Waals surface area (Å²) < 4.78 is 4.77. The maximum atomic E-state index is 10.9. The molecule has 8 aromatic carbocycles. The quantitative estimate of drug-likeness (QED) is 0.0480. The zero-order chi connectivity index (χ0) is 63.3. The van der Waals surface area contributed by atoms with E-state index in [2.05, 4.69) is 102 Å².